The number of aromatic nitrogens is 5. The molecule has 5 rings (SSSR count). The van der Waals surface area contributed by atoms with Gasteiger partial charge in [0.05, 0.1) is 16.6 Å². The minimum Gasteiger partial charge on any atom is -0.228 e. The first-order valence-corrected chi connectivity index (χ1v) is 9.28. The Kier molecular flexibility index (Phi) is 4.21. The van der Waals surface area contributed by atoms with E-state index in [1.807, 2.05) is 0 Å². The van der Waals surface area contributed by atoms with E-state index in [0.717, 1.165) is 6.07 Å². The minimum absolute atomic E-state index is 0.0406. The lowest BCUT2D eigenvalue weighted by Crippen LogP contribution is -2.10. The van der Waals surface area contributed by atoms with Gasteiger partial charge in [-0.2, -0.15) is 17.7 Å². The van der Waals surface area contributed by atoms with Crippen molar-refractivity contribution in [2.24, 2.45) is 0 Å². The summed E-state index contributed by atoms with van der Waals surface area (Å²) < 4.78 is 57.0. The van der Waals surface area contributed by atoms with Crippen molar-refractivity contribution in [2.75, 3.05) is 0 Å². The number of hydrogen-bond acceptors (Lipinski definition) is 4. The summed E-state index contributed by atoms with van der Waals surface area (Å²) in [4.78, 5) is 12.9. The topological polar surface area (TPSA) is 56.0 Å². The zero-order chi connectivity index (χ0) is 21.8. The van der Waals surface area contributed by atoms with Gasteiger partial charge in [-0.3, -0.25) is 0 Å². The van der Waals surface area contributed by atoms with E-state index in [2.05, 4.69) is 20.1 Å². The molecule has 3 heterocycles. The largest absolute Gasteiger partial charge is 0.417 e. The summed E-state index contributed by atoms with van der Waals surface area (Å²) in [6.07, 6.45) is -4.67. The van der Waals surface area contributed by atoms with Crippen LogP contribution in [0.2, 0.25) is 0 Å². The van der Waals surface area contributed by atoms with Gasteiger partial charge in [-0.15, -0.1) is 5.10 Å². The zero-order valence-corrected chi connectivity index (χ0v) is 16.0. The van der Waals surface area contributed by atoms with Gasteiger partial charge in [0.15, 0.2) is 17.1 Å². The van der Waals surface area contributed by atoms with E-state index in [-0.39, 0.29) is 28.2 Å². The fourth-order valence-corrected chi connectivity index (χ4v) is 3.46. The smallest absolute Gasteiger partial charge is 0.228 e. The van der Waals surface area contributed by atoms with Gasteiger partial charge in [0, 0.05) is 11.1 Å². The van der Waals surface area contributed by atoms with Gasteiger partial charge in [-0.25, -0.2) is 19.3 Å². The van der Waals surface area contributed by atoms with Gasteiger partial charge in [0.2, 0.25) is 0 Å². The molecule has 0 saturated heterocycles. The Morgan fingerprint density at radius 3 is 2.29 bits per heavy atom. The normalized spacial score (nSPS) is 12.0. The van der Waals surface area contributed by atoms with Crippen LogP contribution in [0, 0.1) is 12.7 Å². The molecule has 154 valence electrons. The summed E-state index contributed by atoms with van der Waals surface area (Å²) in [5.41, 5.74) is 0.00137. The van der Waals surface area contributed by atoms with E-state index < -0.39 is 17.6 Å². The molecule has 0 aliphatic carbocycles. The quantitative estimate of drug-likeness (QED) is 0.353. The molecule has 0 N–H and O–H groups in total. The molecule has 0 fully saturated rings. The van der Waals surface area contributed by atoms with Crippen molar-refractivity contribution in [3.63, 3.8) is 0 Å². The molecule has 0 amide bonds. The molecule has 0 spiro atoms. The standard InChI is InChI=1S/C22H13F4N5/c1-12-27-20-18(21-29-19(30-31(12)21)14-8-5-9-15(23)10-14)16(22(24,25)26)11-17(28-20)13-6-3-2-4-7-13/h2-11H,1H3. The molecule has 9 heteroatoms. The number of alkyl halides is 3. The van der Waals surface area contributed by atoms with Crippen LogP contribution in [0.25, 0.3) is 39.3 Å². The Morgan fingerprint density at radius 2 is 1.58 bits per heavy atom. The highest BCUT2D eigenvalue weighted by Crippen LogP contribution is 2.38. The van der Waals surface area contributed by atoms with Crippen molar-refractivity contribution in [3.05, 3.63) is 77.9 Å². The summed E-state index contributed by atoms with van der Waals surface area (Å²) in [6.45, 7) is 1.60. The third-order valence-electron chi connectivity index (χ3n) is 4.86. The van der Waals surface area contributed by atoms with Crippen molar-refractivity contribution in [1.29, 1.82) is 0 Å². The lowest BCUT2D eigenvalue weighted by Gasteiger charge is -2.13. The maximum Gasteiger partial charge on any atom is 0.417 e. The predicted octanol–water partition coefficient (Wildman–Crippen LogP) is 5.47. The molecule has 0 aliphatic rings. The molecule has 31 heavy (non-hydrogen) atoms. The highest BCUT2D eigenvalue weighted by atomic mass is 19.4. The number of nitrogens with zero attached hydrogens (tertiary/aromatic N) is 5. The Bertz CT molecular complexity index is 1440. The Hall–Kier alpha value is -3.88. The molecular formula is C22H13F4N5. The monoisotopic (exact) mass is 423 g/mol. The fraction of sp³-hybridized carbons (Fsp3) is 0.0909. The molecule has 5 aromatic rings. The fourth-order valence-electron chi connectivity index (χ4n) is 3.46. The number of fused-ring (bicyclic) bond motifs is 3. The van der Waals surface area contributed by atoms with Crippen LogP contribution < -0.4 is 0 Å². The number of halogens is 4. The average molecular weight is 423 g/mol. The van der Waals surface area contributed by atoms with Crippen molar-refractivity contribution >= 4 is 16.7 Å². The van der Waals surface area contributed by atoms with Crippen LogP contribution >= 0.6 is 0 Å². The number of rotatable bonds is 2. The highest BCUT2D eigenvalue weighted by Gasteiger charge is 2.35. The average Bonchev–Trinajstić information content (AvgIpc) is 3.19. The first-order valence-electron chi connectivity index (χ1n) is 9.28. The molecule has 2 aromatic carbocycles. The van der Waals surface area contributed by atoms with Crippen molar-refractivity contribution in [2.45, 2.75) is 13.1 Å². The van der Waals surface area contributed by atoms with Crippen LogP contribution in [-0.4, -0.2) is 24.6 Å². The third-order valence-corrected chi connectivity index (χ3v) is 4.86. The second-order valence-corrected chi connectivity index (χ2v) is 6.96. The van der Waals surface area contributed by atoms with E-state index in [0.29, 0.717) is 17.0 Å². The van der Waals surface area contributed by atoms with Crippen molar-refractivity contribution in [3.8, 4) is 22.6 Å². The zero-order valence-electron chi connectivity index (χ0n) is 16.0. The highest BCUT2D eigenvalue weighted by molar-refractivity contribution is 5.94. The van der Waals surface area contributed by atoms with Crippen LogP contribution in [0.4, 0.5) is 17.6 Å². The van der Waals surface area contributed by atoms with E-state index in [1.54, 1.807) is 43.3 Å². The van der Waals surface area contributed by atoms with E-state index in [4.69, 9.17) is 0 Å². The Morgan fingerprint density at radius 1 is 0.839 bits per heavy atom. The van der Waals surface area contributed by atoms with Gasteiger partial charge < -0.3 is 0 Å². The predicted molar refractivity (Wildman–Crippen MR) is 107 cm³/mol. The summed E-state index contributed by atoms with van der Waals surface area (Å²) in [6, 6.07) is 15.1. The molecule has 5 nitrogen and oxygen atoms in total. The van der Waals surface area contributed by atoms with Crippen molar-refractivity contribution in [1.82, 2.24) is 24.6 Å². The van der Waals surface area contributed by atoms with Crippen LogP contribution in [0.3, 0.4) is 0 Å². The van der Waals surface area contributed by atoms with Gasteiger partial charge in [-0.1, -0.05) is 42.5 Å². The number of benzene rings is 2. The third kappa shape index (κ3) is 3.27. The van der Waals surface area contributed by atoms with Gasteiger partial charge in [0.1, 0.15) is 11.6 Å². The van der Waals surface area contributed by atoms with Gasteiger partial charge in [0.25, 0.3) is 0 Å². The second kappa shape index (κ2) is 6.83. The lowest BCUT2D eigenvalue weighted by molar-refractivity contribution is -0.136. The van der Waals surface area contributed by atoms with Crippen LogP contribution in [0.5, 0.6) is 0 Å². The number of pyridine rings is 1. The Balaban J connectivity index is 1.85. The second-order valence-electron chi connectivity index (χ2n) is 6.96. The van der Waals surface area contributed by atoms with Gasteiger partial charge >= 0.3 is 6.18 Å². The summed E-state index contributed by atoms with van der Waals surface area (Å²) in [7, 11) is 0. The SMILES string of the molecule is Cc1nc2nc(-c3ccccc3)cc(C(F)(F)F)c2c2nc(-c3cccc(F)c3)nn12. The van der Waals surface area contributed by atoms with Crippen LogP contribution in [-0.2, 0) is 6.18 Å². The molecule has 0 saturated carbocycles. The number of aryl methyl sites for hydroxylation is 1. The van der Waals surface area contributed by atoms with Crippen LogP contribution in [0.15, 0.2) is 60.7 Å². The summed E-state index contributed by atoms with van der Waals surface area (Å²) in [5.74, 6) is -0.0955. The van der Waals surface area contributed by atoms with Crippen molar-refractivity contribution < 1.29 is 17.6 Å². The van der Waals surface area contributed by atoms with E-state index in [9.17, 15) is 17.6 Å². The molecule has 3 aromatic heterocycles. The van der Waals surface area contributed by atoms with Crippen LogP contribution in [0.1, 0.15) is 11.4 Å². The van der Waals surface area contributed by atoms with E-state index >= 15 is 0 Å². The lowest BCUT2D eigenvalue weighted by atomic mass is 10.1. The Labute approximate surface area is 173 Å². The van der Waals surface area contributed by atoms with Gasteiger partial charge in [-0.05, 0) is 25.1 Å². The summed E-state index contributed by atoms with van der Waals surface area (Å²) in [5, 5.41) is 4.00. The first-order chi connectivity index (χ1) is 14.8. The molecule has 0 bridgehead atoms. The molecule has 0 radical (unpaired) electrons. The van der Waals surface area contributed by atoms with E-state index in [1.165, 1.54) is 22.7 Å². The molecule has 0 unspecified atom stereocenters. The molecule has 0 aliphatic heterocycles. The maximum absolute atomic E-state index is 14.1. The first kappa shape index (κ1) is 19.1. The molecular weight excluding hydrogens is 410 g/mol. The number of hydrogen-bond donors (Lipinski definition) is 0. The summed E-state index contributed by atoms with van der Waals surface area (Å²) >= 11 is 0. The minimum atomic E-state index is -4.67. The molecule has 0 atom stereocenters. The maximum atomic E-state index is 14.1.